The van der Waals surface area contributed by atoms with E-state index in [-0.39, 0.29) is 10.8 Å². The van der Waals surface area contributed by atoms with Gasteiger partial charge in [-0.25, -0.2) is 8.42 Å². The molecule has 4 heteroatoms. The fourth-order valence-corrected chi connectivity index (χ4v) is 1.36. The standard InChI is InChI=1S/C6H8O3S/c1-2-10(7,8)6-4-3-5-9-6/h3-5H,2H2,1H3. The normalized spacial score (nSPS) is 11.7. The van der Waals surface area contributed by atoms with E-state index in [9.17, 15) is 8.42 Å². The average Bonchev–Trinajstić information content (AvgIpc) is 2.38. The van der Waals surface area contributed by atoms with Gasteiger partial charge in [0.25, 0.3) is 0 Å². The lowest BCUT2D eigenvalue weighted by Gasteiger charge is -1.92. The monoisotopic (exact) mass is 160 g/mol. The maximum Gasteiger partial charge on any atom is 0.217 e. The second-order valence-corrected chi connectivity index (χ2v) is 4.04. The van der Waals surface area contributed by atoms with E-state index in [0.29, 0.717) is 0 Å². The minimum absolute atomic E-state index is 0.0509. The highest BCUT2D eigenvalue weighted by molar-refractivity contribution is 7.91. The molecule has 0 radical (unpaired) electrons. The molecule has 0 saturated carbocycles. The van der Waals surface area contributed by atoms with Crippen LogP contribution in [0, 0.1) is 0 Å². The van der Waals surface area contributed by atoms with Crippen LogP contribution in [0.25, 0.3) is 0 Å². The van der Waals surface area contributed by atoms with E-state index >= 15 is 0 Å². The van der Waals surface area contributed by atoms with Crippen molar-refractivity contribution in [1.29, 1.82) is 0 Å². The van der Waals surface area contributed by atoms with Gasteiger partial charge in [0.2, 0.25) is 14.9 Å². The molecule has 1 aromatic rings. The number of hydrogen-bond acceptors (Lipinski definition) is 3. The van der Waals surface area contributed by atoms with Gasteiger partial charge in [-0.15, -0.1) is 0 Å². The molecule has 1 rings (SSSR count). The molecule has 10 heavy (non-hydrogen) atoms. The highest BCUT2D eigenvalue weighted by Gasteiger charge is 2.12. The van der Waals surface area contributed by atoms with Crippen molar-refractivity contribution in [3.05, 3.63) is 18.4 Å². The van der Waals surface area contributed by atoms with E-state index in [1.54, 1.807) is 13.0 Å². The van der Waals surface area contributed by atoms with Gasteiger partial charge in [-0.2, -0.15) is 0 Å². The van der Waals surface area contributed by atoms with E-state index in [1.807, 2.05) is 0 Å². The van der Waals surface area contributed by atoms with E-state index in [2.05, 4.69) is 0 Å². The Labute approximate surface area is 59.6 Å². The predicted octanol–water partition coefficient (Wildman–Crippen LogP) is 1.07. The fraction of sp³-hybridized carbons (Fsp3) is 0.333. The molecule has 3 nitrogen and oxygen atoms in total. The van der Waals surface area contributed by atoms with Crippen molar-refractivity contribution >= 4 is 9.84 Å². The first kappa shape index (κ1) is 7.34. The summed E-state index contributed by atoms with van der Waals surface area (Å²) >= 11 is 0. The summed E-state index contributed by atoms with van der Waals surface area (Å²) in [6, 6.07) is 3.00. The molecule has 56 valence electrons. The van der Waals surface area contributed by atoms with Crippen LogP contribution in [0.15, 0.2) is 27.9 Å². The largest absolute Gasteiger partial charge is 0.453 e. The van der Waals surface area contributed by atoms with Crippen LogP contribution in [0.1, 0.15) is 6.92 Å². The molecule has 0 N–H and O–H groups in total. The van der Waals surface area contributed by atoms with Crippen LogP contribution in [-0.4, -0.2) is 14.2 Å². The molecule has 0 aromatic carbocycles. The lowest BCUT2D eigenvalue weighted by molar-refractivity contribution is 0.450. The van der Waals surface area contributed by atoms with Gasteiger partial charge in [0.05, 0.1) is 12.0 Å². The van der Waals surface area contributed by atoms with Crippen LogP contribution >= 0.6 is 0 Å². The van der Waals surface area contributed by atoms with Crippen LogP contribution in [-0.2, 0) is 9.84 Å². The SMILES string of the molecule is CCS(=O)(=O)c1ccco1. The van der Waals surface area contributed by atoms with Gasteiger partial charge in [0.15, 0.2) is 0 Å². The second kappa shape index (κ2) is 2.46. The Bertz CT molecular complexity index is 283. The zero-order chi connectivity index (χ0) is 7.61. The summed E-state index contributed by atoms with van der Waals surface area (Å²) in [6.07, 6.45) is 1.35. The van der Waals surface area contributed by atoms with E-state index < -0.39 is 9.84 Å². The Balaban J connectivity index is 3.09. The number of rotatable bonds is 2. The maximum absolute atomic E-state index is 11.0. The Morgan fingerprint density at radius 2 is 2.30 bits per heavy atom. The Morgan fingerprint density at radius 1 is 1.60 bits per heavy atom. The quantitative estimate of drug-likeness (QED) is 0.650. The lowest BCUT2D eigenvalue weighted by atomic mass is 10.7. The van der Waals surface area contributed by atoms with Crippen LogP contribution < -0.4 is 0 Å². The molecule has 0 unspecified atom stereocenters. The van der Waals surface area contributed by atoms with Crippen molar-refractivity contribution in [1.82, 2.24) is 0 Å². The maximum atomic E-state index is 11.0. The minimum Gasteiger partial charge on any atom is -0.453 e. The van der Waals surface area contributed by atoms with E-state index in [4.69, 9.17) is 4.42 Å². The summed E-state index contributed by atoms with van der Waals surface area (Å²) in [7, 11) is -3.12. The summed E-state index contributed by atoms with van der Waals surface area (Å²) in [6.45, 7) is 1.58. The number of sulfone groups is 1. The van der Waals surface area contributed by atoms with Gasteiger partial charge < -0.3 is 4.42 Å². The molecular weight excluding hydrogens is 152 g/mol. The van der Waals surface area contributed by atoms with Crippen molar-refractivity contribution in [2.75, 3.05) is 5.75 Å². The first-order chi connectivity index (χ1) is 4.67. The summed E-state index contributed by atoms with van der Waals surface area (Å²) in [5.41, 5.74) is 0. The van der Waals surface area contributed by atoms with Crippen LogP contribution in [0.3, 0.4) is 0 Å². The van der Waals surface area contributed by atoms with Gasteiger partial charge in [-0.1, -0.05) is 6.92 Å². The molecule has 1 aromatic heterocycles. The van der Waals surface area contributed by atoms with Gasteiger partial charge in [0.1, 0.15) is 0 Å². The number of hydrogen-bond donors (Lipinski definition) is 0. The molecule has 0 saturated heterocycles. The average molecular weight is 160 g/mol. The van der Waals surface area contributed by atoms with Gasteiger partial charge in [-0.05, 0) is 12.1 Å². The van der Waals surface area contributed by atoms with Gasteiger partial charge >= 0.3 is 0 Å². The zero-order valence-electron chi connectivity index (χ0n) is 5.57. The highest BCUT2D eigenvalue weighted by atomic mass is 32.2. The topological polar surface area (TPSA) is 47.3 Å². The molecule has 1 heterocycles. The number of furan rings is 1. The smallest absolute Gasteiger partial charge is 0.217 e. The van der Waals surface area contributed by atoms with Crippen molar-refractivity contribution in [2.45, 2.75) is 12.0 Å². The van der Waals surface area contributed by atoms with Crippen molar-refractivity contribution in [2.24, 2.45) is 0 Å². The summed E-state index contributed by atoms with van der Waals surface area (Å²) in [5.74, 6) is 0.0838. The first-order valence-corrected chi connectivity index (χ1v) is 4.58. The van der Waals surface area contributed by atoms with Crippen LogP contribution in [0.2, 0.25) is 0 Å². The van der Waals surface area contributed by atoms with E-state index in [0.717, 1.165) is 0 Å². The van der Waals surface area contributed by atoms with Crippen LogP contribution in [0.5, 0.6) is 0 Å². The van der Waals surface area contributed by atoms with Crippen molar-refractivity contribution < 1.29 is 12.8 Å². The molecule has 0 atom stereocenters. The molecular formula is C6H8O3S. The summed E-state index contributed by atoms with van der Waals surface area (Å²) < 4.78 is 26.6. The molecule has 0 amide bonds. The Hall–Kier alpha value is -0.770. The third kappa shape index (κ3) is 1.21. The molecule has 0 aliphatic carbocycles. The summed E-state index contributed by atoms with van der Waals surface area (Å²) in [5, 5.41) is 0.0509. The molecule has 0 spiro atoms. The first-order valence-electron chi connectivity index (χ1n) is 2.93. The second-order valence-electron chi connectivity index (χ2n) is 1.84. The Kier molecular flexibility index (Phi) is 1.80. The molecule has 0 aliphatic heterocycles. The van der Waals surface area contributed by atoms with E-state index in [1.165, 1.54) is 12.3 Å². The molecule has 0 bridgehead atoms. The van der Waals surface area contributed by atoms with Gasteiger partial charge in [0, 0.05) is 0 Å². The fourth-order valence-electron chi connectivity index (χ4n) is 0.583. The van der Waals surface area contributed by atoms with Crippen molar-refractivity contribution in [3.8, 4) is 0 Å². The predicted molar refractivity (Wildman–Crippen MR) is 36.4 cm³/mol. The third-order valence-corrected chi connectivity index (χ3v) is 2.79. The Morgan fingerprint density at radius 3 is 2.70 bits per heavy atom. The highest BCUT2D eigenvalue weighted by Crippen LogP contribution is 2.09. The molecule has 0 fully saturated rings. The van der Waals surface area contributed by atoms with Crippen molar-refractivity contribution in [3.63, 3.8) is 0 Å². The lowest BCUT2D eigenvalue weighted by Crippen LogP contribution is -2.01. The zero-order valence-corrected chi connectivity index (χ0v) is 6.39. The van der Waals surface area contributed by atoms with Gasteiger partial charge in [-0.3, -0.25) is 0 Å². The summed E-state index contributed by atoms with van der Waals surface area (Å²) in [4.78, 5) is 0. The minimum atomic E-state index is -3.12. The molecule has 0 aliphatic rings. The van der Waals surface area contributed by atoms with Crippen LogP contribution in [0.4, 0.5) is 0 Å². The third-order valence-electron chi connectivity index (χ3n) is 1.18.